The van der Waals surface area contributed by atoms with Crippen molar-refractivity contribution in [2.45, 2.75) is 25.4 Å². The molecule has 4 rings (SSSR count). The van der Waals surface area contributed by atoms with Crippen molar-refractivity contribution in [3.05, 3.63) is 82.1 Å². The molecule has 36 heavy (non-hydrogen) atoms. The van der Waals surface area contributed by atoms with E-state index in [0.717, 1.165) is 23.3 Å². The van der Waals surface area contributed by atoms with Gasteiger partial charge in [-0.25, -0.2) is 0 Å². The molecular weight excluding hydrogens is 518 g/mol. The topological polar surface area (TPSA) is 80.3 Å². The molecule has 1 aliphatic rings. The number of carbonyl (C=O) groups is 2. The first-order valence-corrected chi connectivity index (χ1v) is 11.2. The van der Waals surface area contributed by atoms with Crippen molar-refractivity contribution in [1.82, 2.24) is 10.3 Å². The number of nitrogens with one attached hydrogen (secondary N) is 2. The second-order valence-corrected chi connectivity index (χ2v) is 8.52. The van der Waals surface area contributed by atoms with Gasteiger partial charge in [0.2, 0.25) is 5.91 Å². The van der Waals surface area contributed by atoms with E-state index >= 15 is 0 Å². The number of amides is 2. The lowest BCUT2D eigenvalue weighted by Crippen LogP contribution is -2.28. The number of nitrogens with zero attached hydrogens (tertiary/aromatic N) is 1. The van der Waals surface area contributed by atoms with Crippen LogP contribution >= 0.6 is 24.0 Å². The normalized spacial score (nSPS) is 14.8. The number of pyridine rings is 1. The van der Waals surface area contributed by atoms with Gasteiger partial charge in [-0.2, -0.15) is 13.2 Å². The Morgan fingerprint density at radius 1 is 1.06 bits per heavy atom. The van der Waals surface area contributed by atoms with E-state index in [9.17, 15) is 22.8 Å². The van der Waals surface area contributed by atoms with Crippen LogP contribution in [0.3, 0.4) is 0 Å². The van der Waals surface area contributed by atoms with Gasteiger partial charge in [-0.15, -0.1) is 12.4 Å². The molecule has 1 aromatic heterocycles. The third-order valence-electron chi connectivity index (χ3n) is 5.74. The summed E-state index contributed by atoms with van der Waals surface area (Å²) in [4.78, 5) is 28.6. The Balaban J connectivity index is 0.00000361. The van der Waals surface area contributed by atoms with Gasteiger partial charge in [-0.3, -0.25) is 14.6 Å². The molecule has 0 spiro atoms. The highest BCUT2D eigenvalue weighted by molar-refractivity contribution is 6.31. The van der Waals surface area contributed by atoms with E-state index in [2.05, 4.69) is 15.6 Å². The van der Waals surface area contributed by atoms with Gasteiger partial charge in [0.1, 0.15) is 17.2 Å². The van der Waals surface area contributed by atoms with Crippen LogP contribution in [0.5, 0.6) is 11.5 Å². The van der Waals surface area contributed by atoms with Crippen LogP contribution in [0.4, 0.5) is 18.9 Å². The molecule has 0 fully saturated rings. The second kappa shape index (κ2) is 11.2. The van der Waals surface area contributed by atoms with Crippen LogP contribution in [0, 0.1) is 5.92 Å². The van der Waals surface area contributed by atoms with Crippen LogP contribution in [0.2, 0.25) is 5.02 Å². The molecule has 6 nitrogen and oxygen atoms in total. The molecule has 0 saturated heterocycles. The predicted octanol–water partition coefficient (Wildman–Crippen LogP) is 6.07. The molecule has 1 atom stereocenters. The summed E-state index contributed by atoms with van der Waals surface area (Å²) in [6.45, 7) is 0. The Labute approximate surface area is 216 Å². The van der Waals surface area contributed by atoms with Crippen LogP contribution < -0.4 is 15.4 Å². The number of alkyl halides is 3. The predicted molar refractivity (Wildman–Crippen MR) is 132 cm³/mol. The molecule has 0 saturated carbocycles. The fraction of sp³-hybridized carbons (Fsp3) is 0.240. The monoisotopic (exact) mass is 539 g/mol. The minimum absolute atomic E-state index is 0. The molecule has 2 aromatic carbocycles. The maximum absolute atomic E-state index is 13.1. The maximum Gasteiger partial charge on any atom is 0.417 e. The molecule has 1 aliphatic carbocycles. The number of rotatable bonds is 5. The molecule has 0 aliphatic heterocycles. The van der Waals surface area contributed by atoms with Crippen molar-refractivity contribution in [1.29, 1.82) is 0 Å². The SMILES string of the molecule is CNC(=O)c1cc(Oc2ccc3c(c2)CC(C(=O)Nc2ccc(Cl)c(C(F)(F)F)c2)CC3)ccn1.Cl. The highest BCUT2D eigenvalue weighted by atomic mass is 35.5. The summed E-state index contributed by atoms with van der Waals surface area (Å²) in [5.74, 6) is -0.138. The van der Waals surface area contributed by atoms with E-state index in [0.29, 0.717) is 30.8 Å². The number of hydrogen-bond acceptors (Lipinski definition) is 4. The minimum Gasteiger partial charge on any atom is -0.457 e. The van der Waals surface area contributed by atoms with Gasteiger partial charge in [-0.05, 0) is 66.8 Å². The fourth-order valence-electron chi connectivity index (χ4n) is 3.95. The smallest absolute Gasteiger partial charge is 0.417 e. The number of fused-ring (bicyclic) bond motifs is 1. The van der Waals surface area contributed by atoms with Crippen molar-refractivity contribution in [2.24, 2.45) is 5.92 Å². The maximum atomic E-state index is 13.1. The van der Waals surface area contributed by atoms with Gasteiger partial charge >= 0.3 is 6.18 Å². The Bertz CT molecular complexity index is 1280. The zero-order valence-corrected chi connectivity index (χ0v) is 20.6. The summed E-state index contributed by atoms with van der Waals surface area (Å²) in [6, 6.07) is 12.0. The number of ether oxygens (including phenoxy) is 1. The van der Waals surface area contributed by atoms with Gasteiger partial charge in [0.15, 0.2) is 0 Å². The van der Waals surface area contributed by atoms with Crippen molar-refractivity contribution < 1.29 is 27.5 Å². The summed E-state index contributed by atoms with van der Waals surface area (Å²) in [5, 5.41) is 4.66. The number of anilines is 1. The minimum atomic E-state index is -4.62. The van der Waals surface area contributed by atoms with E-state index in [1.165, 1.54) is 25.4 Å². The molecular formula is C25H22Cl2F3N3O3. The summed E-state index contributed by atoms with van der Waals surface area (Å²) in [6.07, 6.45) is -1.51. The number of aromatic nitrogens is 1. The number of hydrogen-bond donors (Lipinski definition) is 2. The molecule has 2 N–H and O–H groups in total. The quantitative estimate of drug-likeness (QED) is 0.412. The average Bonchev–Trinajstić information content (AvgIpc) is 2.83. The fourth-order valence-corrected chi connectivity index (χ4v) is 4.17. The zero-order valence-electron chi connectivity index (χ0n) is 19.0. The molecule has 11 heteroatoms. The molecule has 2 amide bonds. The van der Waals surface area contributed by atoms with Gasteiger partial charge < -0.3 is 15.4 Å². The van der Waals surface area contributed by atoms with Gasteiger partial charge in [-0.1, -0.05) is 17.7 Å². The van der Waals surface area contributed by atoms with E-state index in [4.69, 9.17) is 16.3 Å². The average molecular weight is 540 g/mol. The molecule has 3 aromatic rings. The van der Waals surface area contributed by atoms with Crippen LogP contribution in [-0.4, -0.2) is 23.8 Å². The first-order chi connectivity index (χ1) is 16.6. The summed E-state index contributed by atoms with van der Waals surface area (Å²) >= 11 is 5.66. The van der Waals surface area contributed by atoms with Crippen LogP contribution in [0.25, 0.3) is 0 Å². The lowest BCUT2D eigenvalue weighted by atomic mass is 9.83. The van der Waals surface area contributed by atoms with Crippen LogP contribution in [0.1, 0.15) is 33.6 Å². The second-order valence-electron chi connectivity index (χ2n) is 8.11. The first-order valence-electron chi connectivity index (χ1n) is 10.8. The summed E-state index contributed by atoms with van der Waals surface area (Å²) in [7, 11) is 1.51. The van der Waals surface area contributed by atoms with Crippen molar-refractivity contribution >= 4 is 41.5 Å². The molecule has 0 bridgehead atoms. The highest BCUT2D eigenvalue weighted by Gasteiger charge is 2.34. The Morgan fingerprint density at radius 3 is 2.53 bits per heavy atom. The largest absolute Gasteiger partial charge is 0.457 e. The molecule has 1 unspecified atom stereocenters. The third-order valence-corrected chi connectivity index (χ3v) is 6.07. The Kier molecular flexibility index (Phi) is 8.47. The molecule has 0 radical (unpaired) electrons. The van der Waals surface area contributed by atoms with Gasteiger partial charge in [0, 0.05) is 30.9 Å². The highest BCUT2D eigenvalue weighted by Crippen LogP contribution is 2.37. The molecule has 190 valence electrons. The van der Waals surface area contributed by atoms with Crippen molar-refractivity contribution in [3.8, 4) is 11.5 Å². The standard InChI is InChI=1S/C25H21ClF3N3O3.ClH/c1-30-24(34)22-13-19(8-9-31-22)35-18-6-4-14-2-3-15(10-16(14)11-18)23(33)32-17-5-7-21(26)20(12-17)25(27,28)29;/h4-9,11-13,15H,2-3,10H2,1H3,(H,30,34)(H,32,33);1H. The van der Waals surface area contributed by atoms with Gasteiger partial charge in [0.25, 0.3) is 5.91 Å². The number of halogens is 5. The first kappa shape index (κ1) is 27.3. The lowest BCUT2D eigenvalue weighted by Gasteiger charge is -2.24. The van der Waals surface area contributed by atoms with E-state index in [-0.39, 0.29) is 35.6 Å². The van der Waals surface area contributed by atoms with Crippen molar-refractivity contribution in [3.63, 3.8) is 0 Å². The van der Waals surface area contributed by atoms with E-state index in [1.54, 1.807) is 6.07 Å². The molecule has 1 heterocycles. The summed E-state index contributed by atoms with van der Waals surface area (Å²) in [5.41, 5.74) is 1.26. The van der Waals surface area contributed by atoms with Crippen LogP contribution in [0.15, 0.2) is 54.7 Å². The van der Waals surface area contributed by atoms with Crippen molar-refractivity contribution in [2.75, 3.05) is 12.4 Å². The number of carbonyl (C=O) groups excluding carboxylic acids is 2. The Morgan fingerprint density at radius 2 is 1.81 bits per heavy atom. The van der Waals surface area contributed by atoms with E-state index in [1.807, 2.05) is 18.2 Å². The van der Waals surface area contributed by atoms with Crippen LogP contribution in [-0.2, 0) is 23.8 Å². The summed E-state index contributed by atoms with van der Waals surface area (Å²) < 4.78 is 45.3. The van der Waals surface area contributed by atoms with Gasteiger partial charge in [0.05, 0.1) is 10.6 Å². The number of aryl methyl sites for hydroxylation is 1. The number of benzene rings is 2. The third kappa shape index (κ3) is 6.27. The lowest BCUT2D eigenvalue weighted by molar-refractivity contribution is -0.137. The van der Waals surface area contributed by atoms with E-state index < -0.39 is 22.7 Å². The zero-order chi connectivity index (χ0) is 25.2. The Hall–Kier alpha value is -3.30.